The molecule has 30 heavy (non-hydrogen) atoms. The van der Waals surface area contributed by atoms with E-state index >= 15 is 0 Å². The van der Waals surface area contributed by atoms with E-state index in [0.29, 0.717) is 13.0 Å². The molecule has 0 unspecified atom stereocenters. The third kappa shape index (κ3) is 6.02. The van der Waals surface area contributed by atoms with Gasteiger partial charge in [-0.1, -0.05) is 6.08 Å². The van der Waals surface area contributed by atoms with E-state index in [1.807, 2.05) is 0 Å². The van der Waals surface area contributed by atoms with E-state index in [4.69, 9.17) is 27.3 Å². The monoisotopic (exact) mass is 422 g/mol. The number of anilines is 1. The summed E-state index contributed by atoms with van der Waals surface area (Å²) in [5.74, 6) is -1.84. The quantitative estimate of drug-likeness (QED) is 0.151. The van der Waals surface area contributed by atoms with Crippen LogP contribution in [0.1, 0.15) is 19.1 Å². The van der Waals surface area contributed by atoms with E-state index in [1.54, 1.807) is 7.05 Å². The molecular formula is C17H26N8O5. The molecule has 2 heterocycles. The van der Waals surface area contributed by atoms with Crippen molar-refractivity contribution in [1.29, 1.82) is 5.41 Å². The minimum Gasteiger partial charge on any atom is -0.479 e. The number of carboxylic acids is 1. The van der Waals surface area contributed by atoms with E-state index in [-0.39, 0.29) is 18.2 Å². The van der Waals surface area contributed by atoms with Crippen LogP contribution in [0.25, 0.3) is 0 Å². The molecule has 1 aliphatic rings. The van der Waals surface area contributed by atoms with Crippen molar-refractivity contribution in [1.82, 2.24) is 19.8 Å². The lowest BCUT2D eigenvalue weighted by atomic mass is 10.1. The fraction of sp³-hybridized carbons (Fsp3) is 0.471. The van der Waals surface area contributed by atoms with Crippen LogP contribution >= 0.6 is 0 Å². The first-order valence-electron chi connectivity index (χ1n) is 9.10. The van der Waals surface area contributed by atoms with Gasteiger partial charge in [-0.2, -0.15) is 4.98 Å². The first kappa shape index (κ1) is 22.8. The summed E-state index contributed by atoms with van der Waals surface area (Å²) in [4.78, 5) is 40.9. The molecule has 13 heteroatoms. The van der Waals surface area contributed by atoms with Crippen LogP contribution in [0, 0.1) is 5.41 Å². The van der Waals surface area contributed by atoms with Crippen LogP contribution < -0.4 is 28.2 Å². The highest BCUT2D eigenvalue weighted by Crippen LogP contribution is 2.20. The van der Waals surface area contributed by atoms with Crippen molar-refractivity contribution >= 4 is 23.7 Å². The summed E-state index contributed by atoms with van der Waals surface area (Å²) in [6.45, 7) is 0.403. The topological polar surface area (TPSA) is 216 Å². The number of aliphatic carboxylic acids is 1. The molecule has 1 amide bonds. The van der Waals surface area contributed by atoms with Crippen molar-refractivity contribution in [2.75, 3.05) is 19.3 Å². The molecule has 0 bridgehead atoms. The van der Waals surface area contributed by atoms with Crippen molar-refractivity contribution in [3.8, 4) is 0 Å². The Morgan fingerprint density at radius 3 is 2.77 bits per heavy atom. The fourth-order valence-corrected chi connectivity index (χ4v) is 2.77. The van der Waals surface area contributed by atoms with Gasteiger partial charge >= 0.3 is 11.7 Å². The summed E-state index contributed by atoms with van der Waals surface area (Å²) in [7, 11) is 1.63. The molecular weight excluding hydrogens is 396 g/mol. The van der Waals surface area contributed by atoms with Crippen molar-refractivity contribution in [2.24, 2.45) is 11.5 Å². The highest BCUT2D eigenvalue weighted by atomic mass is 16.5. The molecule has 0 aliphatic carbocycles. The number of hydrogen-bond acceptors (Lipinski definition) is 8. The number of carboxylic acid groups (broad SMARTS) is 1. The Bertz CT molecular complexity index is 885. The third-order valence-electron chi connectivity index (χ3n) is 4.49. The number of hydrogen-bond donors (Lipinski definition) is 6. The number of nitrogens with one attached hydrogen (secondary N) is 2. The average Bonchev–Trinajstić information content (AvgIpc) is 2.66. The molecule has 0 radical (unpaired) electrons. The van der Waals surface area contributed by atoms with Crippen LogP contribution in [0.15, 0.2) is 29.2 Å². The second-order valence-corrected chi connectivity index (χ2v) is 6.87. The number of amides is 1. The number of aromatic nitrogens is 2. The number of carbonyl (C=O) groups is 2. The number of rotatable bonds is 8. The first-order chi connectivity index (χ1) is 14.1. The van der Waals surface area contributed by atoms with Gasteiger partial charge in [0.1, 0.15) is 5.82 Å². The Hall–Kier alpha value is -3.45. The van der Waals surface area contributed by atoms with Crippen LogP contribution in [-0.4, -0.2) is 69.2 Å². The number of ether oxygens (including phenoxy) is 1. The van der Waals surface area contributed by atoms with E-state index in [9.17, 15) is 19.5 Å². The lowest BCUT2D eigenvalue weighted by molar-refractivity contribution is -0.159. The van der Waals surface area contributed by atoms with Gasteiger partial charge in [-0.25, -0.2) is 9.59 Å². The van der Waals surface area contributed by atoms with Gasteiger partial charge in [0.25, 0.3) is 0 Å². The number of nitrogens with zero attached hydrogens (tertiary/aromatic N) is 3. The SMILES string of the molecule is CN(CC[C@H](N)CC(=O)N[C@@H]1C=C[C@@H](n2ccc(N)nc2=O)O[C@H]1C(=O)O)C(=N)N. The second kappa shape index (κ2) is 9.84. The van der Waals surface area contributed by atoms with Gasteiger partial charge in [-0.15, -0.1) is 0 Å². The van der Waals surface area contributed by atoms with Crippen LogP contribution in [0.2, 0.25) is 0 Å². The van der Waals surface area contributed by atoms with Crippen molar-refractivity contribution in [3.63, 3.8) is 0 Å². The first-order valence-corrected chi connectivity index (χ1v) is 9.10. The number of guanidine groups is 1. The van der Waals surface area contributed by atoms with Crippen molar-refractivity contribution in [3.05, 3.63) is 34.9 Å². The molecule has 0 aromatic carbocycles. The maximum atomic E-state index is 12.3. The van der Waals surface area contributed by atoms with Gasteiger partial charge in [0, 0.05) is 32.3 Å². The van der Waals surface area contributed by atoms with Gasteiger partial charge in [-0.3, -0.25) is 14.8 Å². The van der Waals surface area contributed by atoms with Crippen LogP contribution in [0.3, 0.4) is 0 Å². The standard InChI is InChI=1S/C17H26N8O5/c1-24(16(20)21)6-4-9(18)8-12(26)22-10-2-3-13(30-14(10)15(27)28)25-7-5-11(19)23-17(25)29/h2-3,5,7,9-10,13-14H,4,6,8,18H2,1H3,(H3,20,21)(H,22,26)(H,27,28)(H2,19,23,29)/t9-,10+,13-,14+/m0/s1. The lowest BCUT2D eigenvalue weighted by Crippen LogP contribution is -2.51. The predicted octanol–water partition coefficient (Wildman–Crippen LogP) is -2.22. The van der Waals surface area contributed by atoms with Gasteiger partial charge in [0.05, 0.1) is 6.04 Å². The minimum atomic E-state index is -1.42. The van der Waals surface area contributed by atoms with E-state index in [2.05, 4.69) is 10.3 Å². The lowest BCUT2D eigenvalue weighted by Gasteiger charge is -2.31. The maximum absolute atomic E-state index is 12.3. The molecule has 1 aromatic rings. The molecule has 1 aromatic heterocycles. The van der Waals surface area contributed by atoms with E-state index in [1.165, 1.54) is 29.3 Å². The summed E-state index contributed by atoms with van der Waals surface area (Å²) >= 11 is 0. The summed E-state index contributed by atoms with van der Waals surface area (Å²) in [5.41, 5.74) is 16.0. The van der Waals surface area contributed by atoms with Gasteiger partial charge in [-0.05, 0) is 18.6 Å². The Kier molecular flexibility index (Phi) is 7.49. The van der Waals surface area contributed by atoms with E-state index < -0.39 is 42.0 Å². The Morgan fingerprint density at radius 2 is 2.17 bits per heavy atom. The molecule has 13 nitrogen and oxygen atoms in total. The smallest absolute Gasteiger partial charge is 0.351 e. The zero-order valence-electron chi connectivity index (χ0n) is 16.4. The van der Waals surface area contributed by atoms with Crippen LogP contribution in [-0.2, 0) is 14.3 Å². The molecule has 0 spiro atoms. The highest BCUT2D eigenvalue weighted by molar-refractivity contribution is 5.80. The molecule has 164 valence electrons. The summed E-state index contributed by atoms with van der Waals surface area (Å²) in [6, 6.07) is -0.0702. The normalized spacial score (nSPS) is 21.6. The zero-order chi connectivity index (χ0) is 22.4. The summed E-state index contributed by atoms with van der Waals surface area (Å²) in [6.07, 6.45) is 2.17. The summed E-state index contributed by atoms with van der Waals surface area (Å²) < 4.78 is 6.57. The molecule has 4 atom stereocenters. The van der Waals surface area contributed by atoms with Gasteiger partial charge in [0.15, 0.2) is 18.3 Å². The Balaban J connectivity index is 2.01. The third-order valence-corrected chi connectivity index (χ3v) is 4.49. The Morgan fingerprint density at radius 1 is 1.47 bits per heavy atom. The molecule has 9 N–H and O–H groups in total. The predicted molar refractivity (Wildman–Crippen MR) is 107 cm³/mol. The minimum absolute atomic E-state index is 0.0294. The number of carbonyl (C=O) groups excluding carboxylic acids is 1. The molecule has 0 saturated heterocycles. The number of nitrogens with two attached hydrogens (primary N) is 3. The molecule has 2 rings (SSSR count). The summed E-state index contributed by atoms with van der Waals surface area (Å²) in [5, 5.41) is 19.4. The second-order valence-electron chi connectivity index (χ2n) is 6.87. The zero-order valence-corrected chi connectivity index (χ0v) is 16.4. The number of nitrogen functional groups attached to an aromatic ring is 1. The molecule has 0 saturated carbocycles. The Labute approximate surface area is 172 Å². The largest absolute Gasteiger partial charge is 0.479 e. The van der Waals surface area contributed by atoms with Gasteiger partial charge < -0.3 is 37.3 Å². The average molecular weight is 422 g/mol. The fourth-order valence-electron chi connectivity index (χ4n) is 2.77. The maximum Gasteiger partial charge on any atom is 0.351 e. The van der Waals surface area contributed by atoms with Crippen molar-refractivity contribution < 1.29 is 19.4 Å². The van der Waals surface area contributed by atoms with Gasteiger partial charge in [0.2, 0.25) is 5.91 Å². The van der Waals surface area contributed by atoms with Crippen LogP contribution in [0.4, 0.5) is 5.82 Å². The highest BCUT2D eigenvalue weighted by Gasteiger charge is 2.35. The van der Waals surface area contributed by atoms with Crippen molar-refractivity contribution in [2.45, 2.75) is 37.3 Å². The van der Waals surface area contributed by atoms with E-state index in [0.717, 1.165) is 4.57 Å². The van der Waals surface area contributed by atoms with Crippen LogP contribution in [0.5, 0.6) is 0 Å². The molecule has 1 aliphatic heterocycles. The molecule has 0 fully saturated rings.